The predicted molar refractivity (Wildman–Crippen MR) is 108 cm³/mol. The van der Waals surface area contributed by atoms with Crippen molar-refractivity contribution in [3.05, 3.63) is 52.4 Å². The van der Waals surface area contributed by atoms with Gasteiger partial charge < -0.3 is 10.2 Å². The lowest BCUT2D eigenvalue weighted by Crippen LogP contribution is -2.28. The van der Waals surface area contributed by atoms with Gasteiger partial charge in [-0.25, -0.2) is 4.68 Å². The van der Waals surface area contributed by atoms with Gasteiger partial charge in [-0.1, -0.05) is 38.3 Å². The third-order valence-corrected chi connectivity index (χ3v) is 4.92. The van der Waals surface area contributed by atoms with E-state index in [4.69, 9.17) is 0 Å². The van der Waals surface area contributed by atoms with Crippen LogP contribution in [-0.4, -0.2) is 28.8 Å². The van der Waals surface area contributed by atoms with Gasteiger partial charge >= 0.3 is 0 Å². The third kappa shape index (κ3) is 4.96. The topological polar surface area (TPSA) is 67.2 Å². The zero-order valence-electron chi connectivity index (χ0n) is 16.0. The Morgan fingerprint density at radius 2 is 1.81 bits per heavy atom. The van der Waals surface area contributed by atoms with E-state index in [2.05, 4.69) is 28.3 Å². The summed E-state index contributed by atoms with van der Waals surface area (Å²) in [7, 11) is 0. The second-order valence-corrected chi connectivity index (χ2v) is 7.01. The van der Waals surface area contributed by atoms with Gasteiger partial charge in [0.25, 0.3) is 11.5 Å². The minimum Gasteiger partial charge on any atom is -0.370 e. The summed E-state index contributed by atoms with van der Waals surface area (Å²) in [5, 5.41) is 7.23. The number of nitrogens with zero attached hydrogens (tertiary/aromatic N) is 3. The van der Waals surface area contributed by atoms with Crippen molar-refractivity contribution in [2.45, 2.75) is 52.0 Å². The van der Waals surface area contributed by atoms with Gasteiger partial charge in [-0.05, 0) is 37.5 Å². The Kier molecular flexibility index (Phi) is 6.63. The molecule has 0 bridgehead atoms. The van der Waals surface area contributed by atoms with Crippen molar-refractivity contribution in [3.63, 3.8) is 0 Å². The average molecular weight is 368 g/mol. The Hall–Kier alpha value is -2.63. The molecule has 1 amide bonds. The number of aromatic nitrogens is 2. The van der Waals surface area contributed by atoms with Gasteiger partial charge in [0.15, 0.2) is 0 Å². The number of unbranched alkanes of at least 4 members (excludes halogenated alkanes) is 1. The van der Waals surface area contributed by atoms with Crippen molar-refractivity contribution >= 4 is 17.3 Å². The molecular weight excluding hydrogens is 340 g/mol. The minimum absolute atomic E-state index is 0.176. The van der Waals surface area contributed by atoms with Crippen LogP contribution in [0.2, 0.25) is 0 Å². The van der Waals surface area contributed by atoms with Crippen molar-refractivity contribution in [1.82, 2.24) is 9.78 Å². The summed E-state index contributed by atoms with van der Waals surface area (Å²) in [6, 6.07) is 10.8. The molecule has 1 fully saturated rings. The van der Waals surface area contributed by atoms with Gasteiger partial charge in [0.2, 0.25) is 0 Å². The van der Waals surface area contributed by atoms with E-state index < -0.39 is 0 Å². The van der Waals surface area contributed by atoms with Crippen LogP contribution in [0.25, 0.3) is 0 Å². The van der Waals surface area contributed by atoms with Crippen LogP contribution < -0.4 is 15.8 Å². The highest BCUT2D eigenvalue weighted by Crippen LogP contribution is 2.28. The summed E-state index contributed by atoms with van der Waals surface area (Å²) < 4.78 is 1.37. The molecule has 0 aliphatic carbocycles. The standard InChI is InChI=1S/C21H28N4O2/c1-2-3-16-25-20(26)13-12-18(23-25)21(27)22-17-10-6-7-11-19(17)24-14-8-4-5-9-15-24/h6-7,10-13H,2-5,8-9,14-16H2,1H3,(H,22,27). The Morgan fingerprint density at radius 1 is 1.07 bits per heavy atom. The molecule has 27 heavy (non-hydrogen) atoms. The number of benzene rings is 1. The largest absolute Gasteiger partial charge is 0.370 e. The highest BCUT2D eigenvalue weighted by atomic mass is 16.2. The van der Waals surface area contributed by atoms with E-state index >= 15 is 0 Å². The molecule has 1 N–H and O–H groups in total. The van der Waals surface area contributed by atoms with Crippen LogP contribution >= 0.6 is 0 Å². The summed E-state index contributed by atoms with van der Waals surface area (Å²) in [4.78, 5) is 27.0. The lowest BCUT2D eigenvalue weighted by atomic mass is 10.2. The van der Waals surface area contributed by atoms with Gasteiger partial charge in [-0.15, -0.1) is 0 Å². The van der Waals surface area contributed by atoms with Crippen molar-refractivity contribution in [1.29, 1.82) is 0 Å². The molecule has 0 radical (unpaired) electrons. The zero-order chi connectivity index (χ0) is 19.1. The van der Waals surface area contributed by atoms with E-state index in [1.165, 1.54) is 42.5 Å². The van der Waals surface area contributed by atoms with Crippen molar-refractivity contribution < 1.29 is 4.79 Å². The number of para-hydroxylation sites is 2. The molecule has 1 aromatic heterocycles. The van der Waals surface area contributed by atoms with Gasteiger partial charge in [0, 0.05) is 25.7 Å². The SMILES string of the molecule is CCCCn1nc(C(=O)Nc2ccccc2N2CCCCCC2)ccc1=O. The summed E-state index contributed by atoms with van der Waals surface area (Å²) in [6.07, 6.45) is 6.69. The fourth-order valence-electron chi connectivity index (χ4n) is 3.39. The lowest BCUT2D eigenvalue weighted by molar-refractivity contribution is 0.102. The Morgan fingerprint density at radius 3 is 2.56 bits per heavy atom. The number of anilines is 2. The third-order valence-electron chi connectivity index (χ3n) is 4.92. The second-order valence-electron chi connectivity index (χ2n) is 7.01. The van der Waals surface area contributed by atoms with E-state index in [0.717, 1.165) is 37.3 Å². The van der Waals surface area contributed by atoms with Gasteiger partial charge in [0.05, 0.1) is 11.4 Å². The molecule has 2 heterocycles. The molecule has 2 aromatic rings. The quantitative estimate of drug-likeness (QED) is 0.845. The first kappa shape index (κ1) is 19.1. The highest BCUT2D eigenvalue weighted by molar-refractivity contribution is 6.04. The number of carbonyl (C=O) groups is 1. The number of hydrogen-bond acceptors (Lipinski definition) is 4. The lowest BCUT2D eigenvalue weighted by Gasteiger charge is -2.25. The van der Waals surface area contributed by atoms with Crippen LogP contribution in [-0.2, 0) is 6.54 Å². The number of aryl methyl sites for hydroxylation is 1. The summed E-state index contributed by atoms with van der Waals surface area (Å²) in [5.41, 5.74) is 1.92. The molecule has 0 unspecified atom stereocenters. The maximum absolute atomic E-state index is 12.7. The number of nitrogens with one attached hydrogen (secondary N) is 1. The molecule has 1 aromatic carbocycles. The average Bonchev–Trinajstić information content (AvgIpc) is 2.97. The van der Waals surface area contributed by atoms with Crippen LogP contribution in [0.1, 0.15) is 55.9 Å². The molecule has 144 valence electrons. The molecule has 6 heteroatoms. The molecule has 1 saturated heterocycles. The fraction of sp³-hybridized carbons (Fsp3) is 0.476. The molecule has 3 rings (SSSR count). The molecule has 0 atom stereocenters. The van der Waals surface area contributed by atoms with Crippen LogP contribution in [0, 0.1) is 0 Å². The number of rotatable bonds is 6. The van der Waals surface area contributed by atoms with E-state index in [9.17, 15) is 9.59 Å². The van der Waals surface area contributed by atoms with Gasteiger partial charge in [-0.2, -0.15) is 5.10 Å². The van der Waals surface area contributed by atoms with E-state index in [-0.39, 0.29) is 17.2 Å². The van der Waals surface area contributed by atoms with Crippen LogP contribution in [0.5, 0.6) is 0 Å². The first-order valence-corrected chi connectivity index (χ1v) is 9.92. The van der Waals surface area contributed by atoms with E-state index in [1.807, 2.05) is 18.2 Å². The highest BCUT2D eigenvalue weighted by Gasteiger charge is 2.16. The molecule has 0 spiro atoms. The second kappa shape index (κ2) is 9.35. The summed E-state index contributed by atoms with van der Waals surface area (Å²) >= 11 is 0. The van der Waals surface area contributed by atoms with Gasteiger partial charge in [-0.3, -0.25) is 9.59 Å². The fourth-order valence-corrected chi connectivity index (χ4v) is 3.39. The Bertz CT molecular complexity index is 823. The summed E-state index contributed by atoms with van der Waals surface area (Å²) in [5.74, 6) is -0.289. The smallest absolute Gasteiger partial charge is 0.276 e. The van der Waals surface area contributed by atoms with Crippen molar-refractivity contribution in [2.75, 3.05) is 23.3 Å². The van der Waals surface area contributed by atoms with E-state index in [0.29, 0.717) is 6.54 Å². The first-order valence-electron chi connectivity index (χ1n) is 9.92. The summed E-state index contributed by atoms with van der Waals surface area (Å²) in [6.45, 7) is 4.60. The van der Waals surface area contributed by atoms with Crippen LogP contribution in [0.15, 0.2) is 41.2 Å². The molecular formula is C21H28N4O2. The van der Waals surface area contributed by atoms with Crippen molar-refractivity contribution in [3.8, 4) is 0 Å². The van der Waals surface area contributed by atoms with Gasteiger partial charge in [0.1, 0.15) is 5.69 Å². The number of amides is 1. The molecule has 0 saturated carbocycles. The van der Waals surface area contributed by atoms with Crippen LogP contribution in [0.4, 0.5) is 11.4 Å². The van der Waals surface area contributed by atoms with Crippen molar-refractivity contribution in [2.24, 2.45) is 0 Å². The number of carbonyl (C=O) groups excluding carboxylic acids is 1. The molecule has 1 aliphatic heterocycles. The minimum atomic E-state index is -0.289. The maximum atomic E-state index is 12.7. The molecule has 6 nitrogen and oxygen atoms in total. The number of hydrogen-bond donors (Lipinski definition) is 1. The Labute approximate surface area is 160 Å². The Balaban J connectivity index is 1.79. The predicted octanol–water partition coefficient (Wildman–Crippen LogP) is 3.68. The monoisotopic (exact) mass is 368 g/mol. The molecule has 1 aliphatic rings. The zero-order valence-corrected chi connectivity index (χ0v) is 16.0. The van der Waals surface area contributed by atoms with E-state index in [1.54, 1.807) is 0 Å². The first-order chi connectivity index (χ1) is 13.2. The maximum Gasteiger partial charge on any atom is 0.276 e. The van der Waals surface area contributed by atoms with Crippen LogP contribution in [0.3, 0.4) is 0 Å². The normalized spacial score (nSPS) is 14.6.